The molecule has 1 saturated carbocycles. The first kappa shape index (κ1) is 9.51. The summed E-state index contributed by atoms with van der Waals surface area (Å²) < 4.78 is 0. The van der Waals surface area contributed by atoms with E-state index in [0.717, 1.165) is 17.4 Å². The molecule has 0 amide bonds. The summed E-state index contributed by atoms with van der Waals surface area (Å²) in [4.78, 5) is 2.64. The second kappa shape index (κ2) is 3.27. The summed E-state index contributed by atoms with van der Waals surface area (Å²) in [5.74, 6) is 1.09. The molecule has 1 aliphatic heterocycles. The first-order chi connectivity index (χ1) is 6.18. The fraction of sp³-hybridized carbons (Fsp3) is 1.00. The van der Waals surface area contributed by atoms with E-state index < -0.39 is 0 Å². The summed E-state index contributed by atoms with van der Waals surface area (Å²) in [6.45, 7) is 9.71. The van der Waals surface area contributed by atoms with Crippen molar-refractivity contribution in [3.8, 4) is 0 Å². The minimum atomic E-state index is 0.760. The van der Waals surface area contributed by atoms with E-state index in [4.69, 9.17) is 0 Å². The van der Waals surface area contributed by atoms with Crippen molar-refractivity contribution in [3.05, 3.63) is 0 Å². The third kappa shape index (κ3) is 1.63. The molecule has 0 N–H and O–H groups in total. The SMILES string of the molecule is CCC1CC12CCN(C(C)C)CC2. The van der Waals surface area contributed by atoms with Crippen LogP contribution in [0, 0.1) is 11.3 Å². The van der Waals surface area contributed by atoms with E-state index in [0.29, 0.717) is 0 Å². The predicted octanol–water partition coefficient (Wildman–Crippen LogP) is 2.91. The minimum Gasteiger partial charge on any atom is -0.301 e. The highest BCUT2D eigenvalue weighted by Gasteiger charge is 2.53. The molecule has 1 saturated heterocycles. The van der Waals surface area contributed by atoms with Crippen LogP contribution < -0.4 is 0 Å². The molecule has 0 aromatic carbocycles. The van der Waals surface area contributed by atoms with Gasteiger partial charge < -0.3 is 4.90 Å². The van der Waals surface area contributed by atoms with Gasteiger partial charge in [-0.3, -0.25) is 0 Å². The molecule has 0 aromatic heterocycles. The summed E-state index contributed by atoms with van der Waals surface area (Å²) in [6.07, 6.45) is 5.91. The predicted molar refractivity (Wildman–Crippen MR) is 56.8 cm³/mol. The summed E-state index contributed by atoms with van der Waals surface area (Å²) in [5.41, 5.74) is 0.820. The molecule has 0 radical (unpaired) electrons. The van der Waals surface area contributed by atoms with Gasteiger partial charge in [-0.25, -0.2) is 0 Å². The third-order valence-electron chi connectivity index (χ3n) is 4.38. The largest absolute Gasteiger partial charge is 0.301 e. The fourth-order valence-corrected chi connectivity index (χ4v) is 3.11. The molecule has 13 heavy (non-hydrogen) atoms. The number of hydrogen-bond donors (Lipinski definition) is 0. The lowest BCUT2D eigenvalue weighted by molar-refractivity contribution is 0.131. The Morgan fingerprint density at radius 1 is 1.31 bits per heavy atom. The van der Waals surface area contributed by atoms with Crippen LogP contribution in [0.5, 0.6) is 0 Å². The number of rotatable bonds is 2. The van der Waals surface area contributed by atoms with E-state index in [9.17, 15) is 0 Å². The molecule has 1 nitrogen and oxygen atoms in total. The number of hydrogen-bond acceptors (Lipinski definition) is 1. The lowest BCUT2D eigenvalue weighted by Gasteiger charge is -2.35. The van der Waals surface area contributed by atoms with Crippen LogP contribution in [-0.4, -0.2) is 24.0 Å². The van der Waals surface area contributed by atoms with Crippen molar-refractivity contribution in [1.82, 2.24) is 4.90 Å². The van der Waals surface area contributed by atoms with E-state index >= 15 is 0 Å². The Kier molecular flexibility index (Phi) is 2.39. The minimum absolute atomic E-state index is 0.760. The van der Waals surface area contributed by atoms with Crippen LogP contribution >= 0.6 is 0 Å². The van der Waals surface area contributed by atoms with E-state index in [2.05, 4.69) is 25.7 Å². The summed E-state index contributed by atoms with van der Waals surface area (Å²) in [5, 5.41) is 0. The van der Waals surface area contributed by atoms with Gasteiger partial charge in [-0.2, -0.15) is 0 Å². The van der Waals surface area contributed by atoms with Gasteiger partial charge in [0.15, 0.2) is 0 Å². The maximum Gasteiger partial charge on any atom is 0.00385 e. The normalized spacial score (nSPS) is 32.8. The molecule has 0 bridgehead atoms. The molecule has 2 fully saturated rings. The van der Waals surface area contributed by atoms with Crippen LogP contribution in [0.3, 0.4) is 0 Å². The second-order valence-electron chi connectivity index (χ2n) is 5.30. The highest BCUT2D eigenvalue weighted by Crippen LogP contribution is 2.60. The molecule has 1 unspecified atom stereocenters. The first-order valence-electron chi connectivity index (χ1n) is 5.92. The van der Waals surface area contributed by atoms with Gasteiger partial charge in [-0.15, -0.1) is 0 Å². The van der Waals surface area contributed by atoms with Crippen LogP contribution in [0.15, 0.2) is 0 Å². The zero-order valence-electron chi connectivity index (χ0n) is 9.34. The van der Waals surface area contributed by atoms with Crippen molar-refractivity contribution >= 4 is 0 Å². The molecule has 76 valence electrons. The van der Waals surface area contributed by atoms with Crippen LogP contribution in [-0.2, 0) is 0 Å². The number of nitrogens with zero attached hydrogens (tertiary/aromatic N) is 1. The Morgan fingerprint density at radius 2 is 1.92 bits per heavy atom. The van der Waals surface area contributed by atoms with E-state index in [1.54, 1.807) is 0 Å². The van der Waals surface area contributed by atoms with Gasteiger partial charge in [0.2, 0.25) is 0 Å². The summed E-state index contributed by atoms with van der Waals surface area (Å²) in [7, 11) is 0. The number of piperidine rings is 1. The average Bonchev–Trinajstić information content (AvgIpc) is 2.80. The Labute approximate surface area is 82.5 Å². The molecule has 2 aliphatic rings. The number of likely N-dealkylation sites (tertiary alicyclic amines) is 1. The van der Waals surface area contributed by atoms with Crippen LogP contribution in [0.1, 0.15) is 46.5 Å². The maximum absolute atomic E-state index is 2.64. The van der Waals surface area contributed by atoms with Crippen molar-refractivity contribution < 1.29 is 0 Å². The zero-order valence-corrected chi connectivity index (χ0v) is 9.34. The van der Waals surface area contributed by atoms with Crippen molar-refractivity contribution in [2.45, 2.75) is 52.5 Å². The zero-order chi connectivity index (χ0) is 9.47. The third-order valence-corrected chi connectivity index (χ3v) is 4.38. The maximum atomic E-state index is 2.64. The monoisotopic (exact) mass is 181 g/mol. The van der Waals surface area contributed by atoms with Crippen molar-refractivity contribution in [3.63, 3.8) is 0 Å². The van der Waals surface area contributed by atoms with Gasteiger partial charge in [0.25, 0.3) is 0 Å². The van der Waals surface area contributed by atoms with Gasteiger partial charge >= 0.3 is 0 Å². The van der Waals surface area contributed by atoms with Gasteiger partial charge in [-0.05, 0) is 57.5 Å². The van der Waals surface area contributed by atoms with E-state index in [1.165, 1.54) is 38.8 Å². The summed E-state index contributed by atoms with van der Waals surface area (Å²) in [6, 6.07) is 0.760. The topological polar surface area (TPSA) is 3.24 Å². The van der Waals surface area contributed by atoms with Crippen LogP contribution in [0.4, 0.5) is 0 Å². The van der Waals surface area contributed by atoms with Crippen molar-refractivity contribution in [1.29, 1.82) is 0 Å². The standard InChI is InChI=1S/C12H23N/c1-4-11-9-12(11)5-7-13(8-6-12)10(2)3/h10-11H,4-9H2,1-3H3. The Hall–Kier alpha value is -0.0400. The van der Waals surface area contributed by atoms with Gasteiger partial charge in [0, 0.05) is 6.04 Å². The molecule has 1 spiro atoms. The highest BCUT2D eigenvalue weighted by atomic mass is 15.2. The van der Waals surface area contributed by atoms with Gasteiger partial charge in [-0.1, -0.05) is 13.3 Å². The van der Waals surface area contributed by atoms with Gasteiger partial charge in [0.1, 0.15) is 0 Å². The Balaban J connectivity index is 1.84. The van der Waals surface area contributed by atoms with Crippen molar-refractivity contribution in [2.75, 3.05) is 13.1 Å². The lowest BCUT2D eigenvalue weighted by atomic mass is 9.89. The molecule has 1 aliphatic carbocycles. The molecular formula is C12H23N. The molecule has 1 heterocycles. The smallest absolute Gasteiger partial charge is 0.00385 e. The highest BCUT2D eigenvalue weighted by molar-refractivity contribution is 5.04. The molecular weight excluding hydrogens is 158 g/mol. The summed E-state index contributed by atoms with van der Waals surface area (Å²) >= 11 is 0. The van der Waals surface area contributed by atoms with Gasteiger partial charge in [0.05, 0.1) is 0 Å². The van der Waals surface area contributed by atoms with Crippen LogP contribution in [0.25, 0.3) is 0 Å². The van der Waals surface area contributed by atoms with E-state index in [1.807, 2.05) is 0 Å². The molecule has 2 rings (SSSR count). The molecule has 0 aromatic rings. The lowest BCUT2D eigenvalue weighted by Crippen LogP contribution is -2.39. The van der Waals surface area contributed by atoms with E-state index in [-0.39, 0.29) is 0 Å². The second-order valence-corrected chi connectivity index (χ2v) is 5.30. The fourth-order valence-electron chi connectivity index (χ4n) is 3.11. The average molecular weight is 181 g/mol. The quantitative estimate of drug-likeness (QED) is 0.633. The van der Waals surface area contributed by atoms with Crippen molar-refractivity contribution in [2.24, 2.45) is 11.3 Å². The Morgan fingerprint density at radius 3 is 2.31 bits per heavy atom. The molecule has 1 heteroatoms. The Bertz CT molecular complexity index is 178. The first-order valence-corrected chi connectivity index (χ1v) is 5.92. The molecule has 1 atom stereocenters. The van der Waals surface area contributed by atoms with Crippen LogP contribution in [0.2, 0.25) is 0 Å².